The molecular weight excluding hydrogens is 332 g/mol. The lowest BCUT2D eigenvalue weighted by Crippen LogP contribution is -2.30. The summed E-state index contributed by atoms with van der Waals surface area (Å²) in [6.07, 6.45) is 6.59. The smallest absolute Gasteiger partial charge is 0.307 e. The molecule has 1 unspecified atom stereocenters. The Balaban J connectivity index is 1.75. The molecule has 1 N–H and O–H groups in total. The largest absolute Gasteiger partial charge is 0.469 e. The van der Waals surface area contributed by atoms with Gasteiger partial charge in [0.2, 0.25) is 0 Å². The van der Waals surface area contributed by atoms with Crippen molar-refractivity contribution in [3.8, 4) is 5.82 Å². The van der Waals surface area contributed by atoms with Crippen molar-refractivity contribution in [2.45, 2.75) is 12.5 Å². The van der Waals surface area contributed by atoms with Gasteiger partial charge in [-0.1, -0.05) is 30.3 Å². The second kappa shape index (κ2) is 8.06. The molecule has 7 heteroatoms. The van der Waals surface area contributed by atoms with Gasteiger partial charge in [-0.25, -0.2) is 9.97 Å². The first-order chi connectivity index (χ1) is 12.7. The predicted octanol–water partition coefficient (Wildman–Crippen LogP) is 2.30. The molecule has 0 bridgehead atoms. The van der Waals surface area contributed by atoms with Gasteiger partial charge >= 0.3 is 5.97 Å². The Bertz CT molecular complexity index is 862. The summed E-state index contributed by atoms with van der Waals surface area (Å²) in [5, 5.41) is 2.87. The molecule has 0 spiro atoms. The number of rotatable bonds is 6. The SMILES string of the molecule is COC(=O)CC(NC(=O)c1ccc(-n2ccnc2)nc1)c1ccccc1. The van der Waals surface area contributed by atoms with Gasteiger partial charge in [0.15, 0.2) is 0 Å². The first kappa shape index (κ1) is 17.3. The minimum absolute atomic E-state index is 0.0484. The van der Waals surface area contributed by atoms with Gasteiger partial charge in [0, 0.05) is 18.6 Å². The summed E-state index contributed by atoms with van der Waals surface area (Å²) in [5.74, 6) is -0.0478. The third-order valence-electron chi connectivity index (χ3n) is 3.88. The van der Waals surface area contributed by atoms with Gasteiger partial charge in [-0.15, -0.1) is 0 Å². The average Bonchev–Trinajstić information content (AvgIpc) is 3.23. The fourth-order valence-electron chi connectivity index (χ4n) is 2.50. The van der Waals surface area contributed by atoms with E-state index in [-0.39, 0.29) is 12.3 Å². The normalized spacial score (nSPS) is 11.6. The summed E-state index contributed by atoms with van der Waals surface area (Å²) in [7, 11) is 1.32. The van der Waals surface area contributed by atoms with Crippen LogP contribution < -0.4 is 5.32 Å². The molecule has 3 rings (SSSR count). The molecular formula is C19H18N4O3. The molecule has 0 aliphatic heterocycles. The van der Waals surface area contributed by atoms with E-state index in [0.717, 1.165) is 5.56 Å². The fraction of sp³-hybridized carbons (Fsp3) is 0.158. The number of amides is 1. The molecule has 26 heavy (non-hydrogen) atoms. The second-order valence-corrected chi connectivity index (χ2v) is 5.59. The van der Waals surface area contributed by atoms with Crippen LogP contribution in [0.25, 0.3) is 5.82 Å². The third kappa shape index (κ3) is 4.13. The van der Waals surface area contributed by atoms with E-state index in [1.54, 1.807) is 35.4 Å². The maximum absolute atomic E-state index is 12.6. The van der Waals surface area contributed by atoms with Gasteiger partial charge in [-0.2, -0.15) is 0 Å². The van der Waals surface area contributed by atoms with Crippen molar-refractivity contribution in [1.82, 2.24) is 19.9 Å². The fourth-order valence-corrected chi connectivity index (χ4v) is 2.50. The highest BCUT2D eigenvalue weighted by molar-refractivity contribution is 5.94. The molecule has 0 aliphatic rings. The number of esters is 1. The molecule has 132 valence electrons. The average molecular weight is 350 g/mol. The van der Waals surface area contributed by atoms with Gasteiger partial charge in [-0.05, 0) is 17.7 Å². The zero-order valence-corrected chi connectivity index (χ0v) is 14.2. The highest BCUT2D eigenvalue weighted by Crippen LogP contribution is 2.18. The van der Waals surface area contributed by atoms with Crippen LogP contribution in [0.2, 0.25) is 0 Å². The quantitative estimate of drug-likeness (QED) is 0.690. The topological polar surface area (TPSA) is 86.1 Å². The summed E-state index contributed by atoms with van der Waals surface area (Å²) >= 11 is 0. The van der Waals surface area contributed by atoms with Gasteiger partial charge < -0.3 is 10.1 Å². The van der Waals surface area contributed by atoms with Crippen molar-refractivity contribution in [1.29, 1.82) is 0 Å². The van der Waals surface area contributed by atoms with Crippen LogP contribution in [0.15, 0.2) is 67.4 Å². The molecule has 1 amide bonds. The summed E-state index contributed by atoms with van der Waals surface area (Å²) in [6, 6.07) is 12.2. The molecule has 2 aromatic heterocycles. The Labute approximate surface area is 150 Å². The molecule has 0 saturated heterocycles. The zero-order valence-electron chi connectivity index (χ0n) is 14.2. The van der Waals surface area contributed by atoms with Crippen LogP contribution in [0.3, 0.4) is 0 Å². The van der Waals surface area contributed by atoms with Crippen molar-refractivity contribution in [2.75, 3.05) is 7.11 Å². The maximum Gasteiger partial charge on any atom is 0.307 e. The van der Waals surface area contributed by atoms with Crippen molar-refractivity contribution in [3.63, 3.8) is 0 Å². The van der Waals surface area contributed by atoms with Crippen molar-refractivity contribution in [2.24, 2.45) is 0 Å². The standard InChI is InChI=1S/C19H18N4O3/c1-26-18(24)11-16(14-5-3-2-4-6-14)22-19(25)15-7-8-17(21-12-15)23-10-9-20-13-23/h2-10,12-13,16H,11H2,1H3,(H,22,25). The lowest BCUT2D eigenvalue weighted by atomic mass is 10.0. The first-order valence-corrected chi connectivity index (χ1v) is 8.04. The van der Waals surface area contributed by atoms with E-state index in [2.05, 4.69) is 15.3 Å². The van der Waals surface area contributed by atoms with E-state index in [1.165, 1.54) is 13.3 Å². The molecule has 1 aromatic carbocycles. The molecule has 3 aromatic rings. The number of methoxy groups -OCH3 is 1. The number of pyridine rings is 1. The van der Waals surface area contributed by atoms with Gasteiger partial charge in [0.1, 0.15) is 12.1 Å². The number of nitrogens with zero attached hydrogens (tertiary/aromatic N) is 3. The third-order valence-corrected chi connectivity index (χ3v) is 3.88. The van der Waals surface area contributed by atoms with Crippen LogP contribution in [0.5, 0.6) is 0 Å². The minimum atomic E-state index is -0.482. The lowest BCUT2D eigenvalue weighted by molar-refractivity contribution is -0.141. The highest BCUT2D eigenvalue weighted by atomic mass is 16.5. The van der Waals surface area contributed by atoms with Gasteiger partial charge in [0.05, 0.1) is 25.1 Å². The van der Waals surface area contributed by atoms with Crippen LogP contribution in [-0.4, -0.2) is 33.5 Å². The summed E-state index contributed by atoms with van der Waals surface area (Å²) < 4.78 is 6.48. The molecule has 2 heterocycles. The van der Waals surface area contributed by atoms with E-state index in [4.69, 9.17) is 4.74 Å². The van der Waals surface area contributed by atoms with E-state index >= 15 is 0 Å². The summed E-state index contributed by atoms with van der Waals surface area (Å²) in [5.41, 5.74) is 1.23. The second-order valence-electron chi connectivity index (χ2n) is 5.59. The molecule has 1 atom stereocenters. The molecule has 0 saturated carbocycles. The molecule has 0 radical (unpaired) electrons. The molecule has 0 aliphatic carbocycles. The highest BCUT2D eigenvalue weighted by Gasteiger charge is 2.19. The number of nitrogens with one attached hydrogen (secondary N) is 1. The number of aromatic nitrogens is 3. The van der Waals surface area contributed by atoms with E-state index < -0.39 is 12.0 Å². The van der Waals surface area contributed by atoms with Crippen LogP contribution in [-0.2, 0) is 9.53 Å². The van der Waals surface area contributed by atoms with Gasteiger partial charge in [0.25, 0.3) is 5.91 Å². The first-order valence-electron chi connectivity index (χ1n) is 8.04. The lowest BCUT2D eigenvalue weighted by Gasteiger charge is -2.18. The number of hydrogen-bond acceptors (Lipinski definition) is 5. The number of imidazole rings is 1. The predicted molar refractivity (Wildman–Crippen MR) is 94.6 cm³/mol. The number of carbonyl (C=O) groups is 2. The number of carbonyl (C=O) groups excluding carboxylic acids is 2. The van der Waals surface area contributed by atoms with Gasteiger partial charge in [-0.3, -0.25) is 14.2 Å². The maximum atomic E-state index is 12.6. The Morgan fingerprint density at radius 1 is 1.19 bits per heavy atom. The minimum Gasteiger partial charge on any atom is -0.469 e. The Hall–Kier alpha value is -3.48. The van der Waals surface area contributed by atoms with Crippen LogP contribution in [0, 0.1) is 0 Å². The van der Waals surface area contributed by atoms with Crippen molar-refractivity contribution >= 4 is 11.9 Å². The van der Waals surface area contributed by atoms with Crippen LogP contribution in [0.4, 0.5) is 0 Å². The summed E-state index contributed by atoms with van der Waals surface area (Å²) in [4.78, 5) is 32.5. The Kier molecular flexibility index (Phi) is 5.38. The number of hydrogen-bond donors (Lipinski definition) is 1. The van der Waals surface area contributed by atoms with E-state index in [0.29, 0.717) is 11.4 Å². The van der Waals surface area contributed by atoms with Crippen molar-refractivity contribution in [3.05, 3.63) is 78.5 Å². The number of ether oxygens (including phenoxy) is 1. The van der Waals surface area contributed by atoms with E-state index in [1.807, 2.05) is 30.3 Å². The number of benzene rings is 1. The molecule has 7 nitrogen and oxygen atoms in total. The van der Waals surface area contributed by atoms with Crippen molar-refractivity contribution < 1.29 is 14.3 Å². The zero-order chi connectivity index (χ0) is 18.4. The molecule has 0 fully saturated rings. The Morgan fingerprint density at radius 2 is 2.00 bits per heavy atom. The monoisotopic (exact) mass is 350 g/mol. The summed E-state index contributed by atoms with van der Waals surface area (Å²) in [6.45, 7) is 0. The van der Waals surface area contributed by atoms with E-state index in [9.17, 15) is 9.59 Å². The van der Waals surface area contributed by atoms with Crippen LogP contribution >= 0.6 is 0 Å². The Morgan fingerprint density at radius 3 is 2.62 bits per heavy atom. The van der Waals surface area contributed by atoms with Crippen LogP contribution in [0.1, 0.15) is 28.4 Å².